The molecule has 0 aliphatic carbocycles. The van der Waals surface area contributed by atoms with Crippen LogP contribution in [0.15, 0.2) is 206 Å². The summed E-state index contributed by atoms with van der Waals surface area (Å²) in [6.07, 6.45) is 6.92. The van der Waals surface area contributed by atoms with Gasteiger partial charge in [-0.15, -0.1) is 13.2 Å². The lowest BCUT2D eigenvalue weighted by Crippen LogP contribution is -2.03. The maximum absolute atomic E-state index is 6.41. The predicted octanol–water partition coefficient (Wildman–Crippen LogP) is 14.6. The van der Waals surface area contributed by atoms with Gasteiger partial charge < -0.3 is 4.42 Å². The van der Waals surface area contributed by atoms with Crippen LogP contribution in [0.5, 0.6) is 0 Å². The largest absolute Gasteiger partial charge is 0.456 e. The highest BCUT2D eigenvalue weighted by Gasteiger charge is 2.17. The highest BCUT2D eigenvalue weighted by molar-refractivity contribution is 6.07. The summed E-state index contributed by atoms with van der Waals surface area (Å²) < 4.78 is 6.41. The first kappa shape index (κ1) is 41.9. The highest BCUT2D eigenvalue weighted by Crippen LogP contribution is 2.36. The van der Waals surface area contributed by atoms with Crippen LogP contribution in [0.2, 0.25) is 0 Å². The fraction of sp³-hybridized carbons (Fsp3) is 0.0690. The van der Waals surface area contributed by atoms with E-state index in [0.29, 0.717) is 41.4 Å². The number of furan rings is 1. The topological polar surface area (TPSA) is 90.5 Å². The summed E-state index contributed by atoms with van der Waals surface area (Å²) in [6, 6.07) is 57.8. The van der Waals surface area contributed by atoms with E-state index in [-0.39, 0.29) is 0 Å². The van der Waals surface area contributed by atoms with Crippen molar-refractivity contribution in [3.63, 3.8) is 0 Å². The minimum atomic E-state index is 0.520. The van der Waals surface area contributed by atoms with Crippen molar-refractivity contribution in [3.8, 4) is 68.1 Å². The van der Waals surface area contributed by atoms with Crippen LogP contribution in [0, 0.1) is 13.8 Å². The number of aromatic nitrogens is 6. The molecule has 0 aliphatic heterocycles. The summed E-state index contributed by atoms with van der Waals surface area (Å²) in [7, 11) is 0. The molecule has 0 saturated carbocycles. The van der Waals surface area contributed by atoms with Crippen LogP contribution in [0.25, 0.3) is 95.6 Å². The lowest BCUT2D eigenvalue weighted by atomic mass is 9.98. The average molecular weight is 843 g/mol. The molecule has 0 unspecified atom stereocenters. The third-order valence-electron chi connectivity index (χ3n) is 11.3. The molecular weight excluding hydrogens is 797 g/mol. The van der Waals surface area contributed by atoms with Crippen molar-refractivity contribution < 1.29 is 4.42 Å². The Hall–Kier alpha value is -8.42. The van der Waals surface area contributed by atoms with Gasteiger partial charge >= 0.3 is 0 Å². The van der Waals surface area contributed by atoms with Gasteiger partial charge in [-0.25, -0.2) is 29.9 Å². The average Bonchev–Trinajstić information content (AvgIpc) is 3.74. The van der Waals surface area contributed by atoms with Crippen molar-refractivity contribution in [2.45, 2.75) is 27.2 Å². The number of fused-ring (bicyclic) bond motifs is 3. The molecule has 0 N–H and O–H groups in total. The molecule has 0 spiro atoms. The molecule has 3 aromatic heterocycles. The molecule has 0 atom stereocenters. The van der Waals surface area contributed by atoms with Crippen molar-refractivity contribution in [2.75, 3.05) is 0 Å². The predicted molar refractivity (Wildman–Crippen MR) is 267 cm³/mol. The Morgan fingerprint density at radius 3 is 1.57 bits per heavy atom. The number of hydrogen-bond donors (Lipinski definition) is 0. The first-order chi connectivity index (χ1) is 32.0. The van der Waals surface area contributed by atoms with Gasteiger partial charge in [0.1, 0.15) is 17.0 Å². The fourth-order valence-corrected chi connectivity index (χ4v) is 7.97. The zero-order valence-electron chi connectivity index (χ0n) is 36.6. The molecule has 10 aromatic rings. The summed E-state index contributed by atoms with van der Waals surface area (Å²) in [5.74, 6) is 3.92. The van der Waals surface area contributed by atoms with E-state index in [1.54, 1.807) is 0 Å². The Bertz CT molecular complexity index is 3370. The number of allylic oxidation sites excluding steroid dienone is 4. The molecule has 3 heterocycles. The number of rotatable bonds is 10. The molecule has 10 rings (SSSR count). The lowest BCUT2D eigenvalue weighted by Gasteiger charge is -2.11. The molecule has 0 fully saturated rings. The Labute approximate surface area is 379 Å². The summed E-state index contributed by atoms with van der Waals surface area (Å²) in [4.78, 5) is 29.8. The van der Waals surface area contributed by atoms with Crippen LogP contribution >= 0.6 is 0 Å². The molecule has 7 heteroatoms. The first-order valence-electron chi connectivity index (χ1n) is 21.6. The van der Waals surface area contributed by atoms with Crippen molar-refractivity contribution in [1.29, 1.82) is 0 Å². The number of hydrogen-bond acceptors (Lipinski definition) is 7. The van der Waals surface area contributed by atoms with Gasteiger partial charge in [0, 0.05) is 45.0 Å². The molecular formula is C58H46N6O. The molecule has 0 aliphatic rings. The van der Waals surface area contributed by atoms with E-state index in [9.17, 15) is 0 Å². The summed E-state index contributed by atoms with van der Waals surface area (Å²) in [6.45, 7) is 12.2. The van der Waals surface area contributed by atoms with Gasteiger partial charge in [-0.1, -0.05) is 158 Å². The second kappa shape index (κ2) is 18.9. The molecule has 0 bridgehead atoms. The molecule has 0 amide bonds. The molecule has 7 aromatic carbocycles. The standard InChI is InChI=1S/C56H42N6O.C2H4/c1-4-16-38(29-32-51-57-52(39-19-7-5-8-20-39)60-55(58-51)45-25-13-11-17-36(45)2)42-27-30-49-47(34-42)48-35-43(28-31-50(48)63-49)41-23-15-24-44(33-41)54-59-53(40-21-9-6-10-22-40)61-56(62-54)46-26-14-12-18-37(46)3;1-2/h4-31,33-35H,32H2,1-3H3;1-2H2/b16-4-,38-29+;. The van der Waals surface area contributed by atoms with Gasteiger partial charge in [0.15, 0.2) is 29.1 Å². The monoisotopic (exact) mass is 842 g/mol. The van der Waals surface area contributed by atoms with Crippen LogP contribution in [-0.2, 0) is 6.42 Å². The third kappa shape index (κ3) is 8.94. The zero-order chi connectivity index (χ0) is 44.7. The van der Waals surface area contributed by atoms with Crippen LogP contribution < -0.4 is 0 Å². The molecule has 0 radical (unpaired) electrons. The minimum Gasteiger partial charge on any atom is -0.456 e. The number of aryl methyl sites for hydroxylation is 2. The smallest absolute Gasteiger partial charge is 0.164 e. The fourth-order valence-electron chi connectivity index (χ4n) is 7.97. The van der Waals surface area contributed by atoms with Gasteiger partial charge in [-0.3, -0.25) is 0 Å². The van der Waals surface area contributed by atoms with Crippen molar-refractivity contribution in [3.05, 3.63) is 224 Å². The lowest BCUT2D eigenvalue weighted by molar-refractivity contribution is 0.669. The normalized spacial score (nSPS) is 11.5. The van der Waals surface area contributed by atoms with E-state index >= 15 is 0 Å². The molecule has 314 valence electrons. The van der Waals surface area contributed by atoms with Crippen LogP contribution in [0.3, 0.4) is 0 Å². The van der Waals surface area contributed by atoms with Gasteiger partial charge in [0.25, 0.3) is 0 Å². The quantitative estimate of drug-likeness (QED) is 0.100. The molecule has 0 saturated heterocycles. The Balaban J connectivity index is 0.00000263. The molecule has 65 heavy (non-hydrogen) atoms. The van der Waals surface area contributed by atoms with Crippen LogP contribution in [0.4, 0.5) is 0 Å². The maximum atomic E-state index is 6.41. The van der Waals surface area contributed by atoms with E-state index in [0.717, 1.165) is 83.1 Å². The van der Waals surface area contributed by atoms with E-state index < -0.39 is 0 Å². The number of benzene rings is 7. The number of nitrogens with zero attached hydrogens (tertiary/aromatic N) is 6. The third-order valence-corrected chi connectivity index (χ3v) is 11.3. The summed E-state index contributed by atoms with van der Waals surface area (Å²) in [5.41, 5.74) is 12.9. The second-order valence-corrected chi connectivity index (χ2v) is 15.5. The Kier molecular flexibility index (Phi) is 12.2. The summed E-state index contributed by atoms with van der Waals surface area (Å²) in [5, 5.41) is 2.08. The van der Waals surface area contributed by atoms with Crippen LogP contribution in [0.1, 0.15) is 29.4 Å². The van der Waals surface area contributed by atoms with Gasteiger partial charge in [0.2, 0.25) is 0 Å². The minimum absolute atomic E-state index is 0.520. The SMILES string of the molecule is C/C=C\C(=C/Cc1nc(-c2ccccc2)nc(-c2ccccc2C)n1)c1ccc2oc3ccc(-c4cccc(-c5nc(-c6ccccc6)nc(-c6ccccc6C)n5)c4)cc3c2c1.C=C. The van der Waals surface area contributed by atoms with E-state index in [1.807, 2.05) is 91.9 Å². The van der Waals surface area contributed by atoms with Gasteiger partial charge in [-0.2, -0.15) is 0 Å². The Morgan fingerprint density at radius 2 is 0.938 bits per heavy atom. The van der Waals surface area contributed by atoms with Crippen molar-refractivity contribution in [1.82, 2.24) is 29.9 Å². The Morgan fingerprint density at radius 1 is 0.462 bits per heavy atom. The van der Waals surface area contributed by atoms with Crippen LogP contribution in [-0.4, -0.2) is 29.9 Å². The van der Waals surface area contributed by atoms with Gasteiger partial charge in [0.05, 0.1) is 0 Å². The highest BCUT2D eigenvalue weighted by atomic mass is 16.3. The van der Waals surface area contributed by atoms with Gasteiger partial charge in [-0.05, 0) is 84.5 Å². The van der Waals surface area contributed by atoms with Crippen molar-refractivity contribution >= 4 is 27.5 Å². The zero-order valence-corrected chi connectivity index (χ0v) is 36.6. The van der Waals surface area contributed by atoms with E-state index in [1.165, 1.54) is 0 Å². The molecule has 7 nitrogen and oxygen atoms in total. The van der Waals surface area contributed by atoms with Crippen molar-refractivity contribution in [2.24, 2.45) is 0 Å². The van der Waals surface area contributed by atoms with E-state index in [2.05, 4.69) is 130 Å². The van der Waals surface area contributed by atoms with E-state index in [4.69, 9.17) is 34.3 Å². The summed E-state index contributed by atoms with van der Waals surface area (Å²) >= 11 is 0. The first-order valence-corrected chi connectivity index (χ1v) is 21.6. The second-order valence-electron chi connectivity index (χ2n) is 15.5. The maximum Gasteiger partial charge on any atom is 0.164 e.